The van der Waals surface area contributed by atoms with Crippen molar-refractivity contribution < 1.29 is 18.7 Å². The molecule has 3 heterocycles. The van der Waals surface area contributed by atoms with Gasteiger partial charge in [-0.1, -0.05) is 6.07 Å². The second kappa shape index (κ2) is 8.02. The van der Waals surface area contributed by atoms with Crippen LogP contribution in [0.2, 0.25) is 0 Å². The van der Waals surface area contributed by atoms with Crippen LogP contribution in [0.3, 0.4) is 0 Å². The number of H-pyrrole nitrogens is 1. The maximum atomic E-state index is 14.3. The highest BCUT2D eigenvalue weighted by Crippen LogP contribution is 2.27. The van der Waals surface area contributed by atoms with Crippen LogP contribution < -0.4 is 10.3 Å². The van der Waals surface area contributed by atoms with Crippen molar-refractivity contribution in [1.82, 2.24) is 20.0 Å². The number of halogens is 1. The molecule has 0 saturated carbocycles. The topological polar surface area (TPSA) is 95.6 Å². The number of hydrogen-bond donors (Lipinski definition) is 1. The van der Waals surface area contributed by atoms with Gasteiger partial charge in [0, 0.05) is 18.2 Å². The highest BCUT2D eigenvalue weighted by Gasteiger charge is 2.36. The van der Waals surface area contributed by atoms with Crippen molar-refractivity contribution in [1.29, 1.82) is 0 Å². The molecule has 1 aromatic carbocycles. The van der Waals surface area contributed by atoms with E-state index in [4.69, 9.17) is 4.74 Å². The molecule has 1 unspecified atom stereocenters. The third-order valence-electron chi connectivity index (χ3n) is 5.30. The summed E-state index contributed by atoms with van der Waals surface area (Å²) < 4.78 is 19.9. The number of rotatable bonds is 2. The second-order valence-corrected chi connectivity index (χ2v) is 7.14. The molecule has 2 aromatic rings. The lowest BCUT2D eigenvalue weighted by Gasteiger charge is -2.37. The van der Waals surface area contributed by atoms with Gasteiger partial charge in [-0.05, 0) is 37.5 Å². The standard InChI is InChI=1S/C20H21FN4O4/c21-14-4-3-6-17-13(14)12-24(10-11-29-17)20(28)16-5-1-2-9-25(16)19(27)15-7-8-18(26)23-22-15/h3-4,6-8,16H,1-2,5,9-12H2,(H,23,26). The van der Waals surface area contributed by atoms with E-state index >= 15 is 0 Å². The van der Waals surface area contributed by atoms with E-state index < -0.39 is 23.3 Å². The number of hydrogen-bond acceptors (Lipinski definition) is 5. The van der Waals surface area contributed by atoms with E-state index in [-0.39, 0.29) is 24.8 Å². The highest BCUT2D eigenvalue weighted by atomic mass is 19.1. The van der Waals surface area contributed by atoms with Gasteiger partial charge in [-0.2, -0.15) is 5.10 Å². The summed E-state index contributed by atoms with van der Waals surface area (Å²) in [4.78, 5) is 40.5. The van der Waals surface area contributed by atoms with Gasteiger partial charge in [0.2, 0.25) is 5.91 Å². The number of nitrogens with zero attached hydrogens (tertiary/aromatic N) is 3. The van der Waals surface area contributed by atoms with E-state index in [1.54, 1.807) is 17.0 Å². The molecule has 2 aliphatic rings. The minimum Gasteiger partial charge on any atom is -0.491 e. The molecule has 1 fully saturated rings. The molecule has 0 radical (unpaired) electrons. The molecule has 1 aromatic heterocycles. The number of aromatic nitrogens is 2. The molecule has 4 rings (SSSR count). The number of aromatic amines is 1. The molecular formula is C20H21FN4O4. The quantitative estimate of drug-likeness (QED) is 0.821. The van der Waals surface area contributed by atoms with Crippen LogP contribution >= 0.6 is 0 Å². The number of piperidine rings is 1. The number of likely N-dealkylation sites (tertiary alicyclic amines) is 1. The van der Waals surface area contributed by atoms with Crippen molar-refractivity contribution in [3.8, 4) is 5.75 Å². The zero-order chi connectivity index (χ0) is 20.4. The number of carbonyl (C=O) groups excluding carboxylic acids is 2. The number of carbonyl (C=O) groups is 2. The minimum absolute atomic E-state index is 0.0832. The SMILES string of the molecule is O=C(C1CCCCN1C(=O)c1ccc(=O)[nH]n1)N1CCOc2cccc(F)c2C1. The Morgan fingerprint density at radius 2 is 2.03 bits per heavy atom. The first-order valence-corrected chi connectivity index (χ1v) is 9.60. The normalized spacial score (nSPS) is 19.1. The Balaban J connectivity index is 1.57. The summed E-state index contributed by atoms with van der Waals surface area (Å²) in [5, 5.41) is 6.04. The molecule has 152 valence electrons. The highest BCUT2D eigenvalue weighted by molar-refractivity contribution is 5.96. The van der Waals surface area contributed by atoms with E-state index in [1.807, 2.05) is 0 Å². The van der Waals surface area contributed by atoms with Gasteiger partial charge in [0.1, 0.15) is 29.9 Å². The van der Waals surface area contributed by atoms with Crippen LogP contribution in [-0.4, -0.2) is 57.5 Å². The number of amides is 2. The summed E-state index contributed by atoms with van der Waals surface area (Å²) in [6, 6.07) is 6.53. The van der Waals surface area contributed by atoms with Crippen LogP contribution in [0.15, 0.2) is 35.1 Å². The average Bonchev–Trinajstić information content (AvgIpc) is 2.97. The summed E-state index contributed by atoms with van der Waals surface area (Å²) in [6.07, 6.45) is 2.11. The van der Waals surface area contributed by atoms with E-state index in [1.165, 1.54) is 23.1 Å². The van der Waals surface area contributed by atoms with Gasteiger partial charge in [-0.3, -0.25) is 14.4 Å². The van der Waals surface area contributed by atoms with Crippen molar-refractivity contribution >= 4 is 11.8 Å². The van der Waals surface area contributed by atoms with Gasteiger partial charge in [0.15, 0.2) is 0 Å². The second-order valence-electron chi connectivity index (χ2n) is 7.14. The van der Waals surface area contributed by atoms with Crippen LogP contribution in [-0.2, 0) is 11.3 Å². The Morgan fingerprint density at radius 3 is 2.83 bits per heavy atom. The number of ether oxygens (including phenoxy) is 1. The van der Waals surface area contributed by atoms with Crippen molar-refractivity contribution in [3.05, 3.63) is 57.8 Å². The summed E-state index contributed by atoms with van der Waals surface area (Å²) in [5.41, 5.74) is 0.0207. The molecule has 1 saturated heterocycles. The monoisotopic (exact) mass is 400 g/mol. The molecule has 1 atom stereocenters. The lowest BCUT2D eigenvalue weighted by molar-refractivity contribution is -0.138. The predicted octanol–water partition coefficient (Wildman–Crippen LogP) is 1.32. The maximum Gasteiger partial charge on any atom is 0.274 e. The summed E-state index contributed by atoms with van der Waals surface area (Å²) in [5.74, 6) is -0.621. The smallest absolute Gasteiger partial charge is 0.274 e. The Kier molecular flexibility index (Phi) is 5.28. The molecule has 29 heavy (non-hydrogen) atoms. The Morgan fingerprint density at radius 1 is 1.17 bits per heavy atom. The molecular weight excluding hydrogens is 379 g/mol. The summed E-state index contributed by atoms with van der Waals surface area (Å²) >= 11 is 0. The molecule has 2 aliphatic heterocycles. The molecule has 0 bridgehead atoms. The molecule has 9 heteroatoms. The third kappa shape index (κ3) is 3.85. The molecule has 1 N–H and O–H groups in total. The third-order valence-corrected chi connectivity index (χ3v) is 5.30. The fraction of sp³-hybridized carbons (Fsp3) is 0.400. The molecule has 0 spiro atoms. The Bertz CT molecular complexity index is 972. The molecule has 8 nitrogen and oxygen atoms in total. The number of fused-ring (bicyclic) bond motifs is 1. The zero-order valence-electron chi connectivity index (χ0n) is 15.8. The van der Waals surface area contributed by atoms with E-state index in [2.05, 4.69) is 10.2 Å². The predicted molar refractivity (Wildman–Crippen MR) is 101 cm³/mol. The van der Waals surface area contributed by atoms with Gasteiger partial charge in [-0.25, -0.2) is 9.49 Å². The number of benzene rings is 1. The molecule has 2 amide bonds. The average molecular weight is 400 g/mol. The first-order chi connectivity index (χ1) is 14.0. The summed E-state index contributed by atoms with van der Waals surface area (Å²) in [7, 11) is 0. The lowest BCUT2D eigenvalue weighted by atomic mass is 10.00. The Labute approximate surface area is 166 Å². The van der Waals surface area contributed by atoms with Gasteiger partial charge < -0.3 is 14.5 Å². The first-order valence-electron chi connectivity index (χ1n) is 9.60. The van der Waals surface area contributed by atoms with Gasteiger partial charge in [0.25, 0.3) is 11.5 Å². The van der Waals surface area contributed by atoms with Crippen molar-refractivity contribution in [2.75, 3.05) is 19.7 Å². The van der Waals surface area contributed by atoms with Crippen LogP contribution in [0.4, 0.5) is 4.39 Å². The largest absolute Gasteiger partial charge is 0.491 e. The molecule has 0 aliphatic carbocycles. The van der Waals surface area contributed by atoms with E-state index in [9.17, 15) is 18.8 Å². The maximum absolute atomic E-state index is 14.3. The van der Waals surface area contributed by atoms with Crippen LogP contribution in [0, 0.1) is 5.82 Å². The number of nitrogens with one attached hydrogen (secondary N) is 1. The van der Waals surface area contributed by atoms with Crippen LogP contribution in [0.5, 0.6) is 5.75 Å². The fourth-order valence-corrected chi connectivity index (χ4v) is 3.80. The lowest BCUT2D eigenvalue weighted by Crippen LogP contribution is -2.53. The van der Waals surface area contributed by atoms with Crippen molar-refractivity contribution in [2.45, 2.75) is 31.8 Å². The van der Waals surface area contributed by atoms with Crippen molar-refractivity contribution in [2.24, 2.45) is 0 Å². The zero-order valence-corrected chi connectivity index (χ0v) is 15.8. The van der Waals surface area contributed by atoms with Gasteiger partial charge in [0.05, 0.1) is 13.1 Å². The van der Waals surface area contributed by atoms with E-state index in [0.29, 0.717) is 30.8 Å². The first kappa shape index (κ1) is 19.1. The van der Waals surface area contributed by atoms with Crippen LogP contribution in [0.1, 0.15) is 35.3 Å². The van der Waals surface area contributed by atoms with Gasteiger partial charge in [-0.15, -0.1) is 0 Å². The summed E-state index contributed by atoms with van der Waals surface area (Å²) in [6.45, 7) is 1.08. The fourth-order valence-electron chi connectivity index (χ4n) is 3.80. The van der Waals surface area contributed by atoms with Crippen LogP contribution in [0.25, 0.3) is 0 Å². The van der Waals surface area contributed by atoms with Gasteiger partial charge >= 0.3 is 0 Å². The van der Waals surface area contributed by atoms with E-state index in [0.717, 1.165) is 12.8 Å². The minimum atomic E-state index is -0.654. The van der Waals surface area contributed by atoms with Crippen molar-refractivity contribution in [3.63, 3.8) is 0 Å². The Hall–Kier alpha value is -3.23.